The summed E-state index contributed by atoms with van der Waals surface area (Å²) in [5.41, 5.74) is 6.02. The van der Waals surface area contributed by atoms with Crippen molar-refractivity contribution >= 4 is 33.2 Å². The molecule has 0 aliphatic carbocycles. The fourth-order valence-corrected chi connectivity index (χ4v) is 3.94. The Bertz CT molecular complexity index is 673. The van der Waals surface area contributed by atoms with Crippen LogP contribution in [0.2, 0.25) is 0 Å². The van der Waals surface area contributed by atoms with Gasteiger partial charge in [0.05, 0.1) is 17.9 Å². The van der Waals surface area contributed by atoms with Crippen molar-refractivity contribution in [2.24, 2.45) is 11.7 Å². The van der Waals surface area contributed by atoms with Crippen LogP contribution >= 0.6 is 12.2 Å². The maximum atomic E-state index is 12.6. The Morgan fingerprint density at radius 1 is 1.48 bits per heavy atom. The average molecular weight is 328 g/mol. The van der Waals surface area contributed by atoms with E-state index in [4.69, 9.17) is 18.0 Å². The highest BCUT2D eigenvalue weighted by molar-refractivity contribution is 7.89. The molecule has 0 bridgehead atoms. The van der Waals surface area contributed by atoms with Gasteiger partial charge in [0.2, 0.25) is 10.0 Å². The number of sulfonamides is 1. The van der Waals surface area contributed by atoms with Crippen molar-refractivity contribution in [3.05, 3.63) is 29.8 Å². The molecule has 1 unspecified atom stereocenters. The molecule has 6 nitrogen and oxygen atoms in total. The molecule has 1 heterocycles. The molecule has 1 saturated heterocycles. The van der Waals surface area contributed by atoms with Gasteiger partial charge >= 0.3 is 5.97 Å². The van der Waals surface area contributed by atoms with Gasteiger partial charge in [0.15, 0.2) is 0 Å². The van der Waals surface area contributed by atoms with Crippen LogP contribution in [0.3, 0.4) is 0 Å². The molecule has 0 radical (unpaired) electrons. The van der Waals surface area contributed by atoms with Gasteiger partial charge < -0.3 is 10.5 Å². The predicted octanol–water partition coefficient (Wildman–Crippen LogP) is 0.504. The predicted molar refractivity (Wildman–Crippen MR) is 81.2 cm³/mol. The van der Waals surface area contributed by atoms with Crippen LogP contribution in [0.1, 0.15) is 12.0 Å². The third-order valence-electron chi connectivity index (χ3n) is 3.44. The second-order valence-electron chi connectivity index (χ2n) is 4.76. The summed E-state index contributed by atoms with van der Waals surface area (Å²) in [6, 6.07) is 6.18. The number of hydrogen-bond acceptors (Lipinski definition) is 5. The van der Waals surface area contributed by atoms with Crippen molar-refractivity contribution in [2.75, 3.05) is 20.2 Å². The first kappa shape index (κ1) is 15.9. The molecule has 1 aliphatic rings. The first-order chi connectivity index (χ1) is 9.86. The van der Waals surface area contributed by atoms with Crippen LogP contribution in [-0.4, -0.2) is 43.9 Å². The highest BCUT2D eigenvalue weighted by Gasteiger charge is 2.36. The van der Waals surface area contributed by atoms with Gasteiger partial charge in [-0.05, 0) is 18.6 Å². The van der Waals surface area contributed by atoms with E-state index in [1.807, 2.05) is 0 Å². The van der Waals surface area contributed by atoms with E-state index in [9.17, 15) is 13.2 Å². The summed E-state index contributed by atoms with van der Waals surface area (Å²) < 4.78 is 31.1. The van der Waals surface area contributed by atoms with E-state index < -0.39 is 15.9 Å². The van der Waals surface area contributed by atoms with Gasteiger partial charge in [0.1, 0.15) is 4.99 Å². The minimum absolute atomic E-state index is 0.123. The van der Waals surface area contributed by atoms with E-state index in [-0.39, 0.29) is 22.4 Å². The van der Waals surface area contributed by atoms with Crippen molar-refractivity contribution < 1.29 is 17.9 Å². The van der Waals surface area contributed by atoms with Crippen LogP contribution in [0.15, 0.2) is 29.2 Å². The van der Waals surface area contributed by atoms with Gasteiger partial charge in [-0.2, -0.15) is 4.31 Å². The highest BCUT2D eigenvalue weighted by atomic mass is 32.2. The third-order valence-corrected chi connectivity index (χ3v) is 5.54. The van der Waals surface area contributed by atoms with Crippen LogP contribution in [0.5, 0.6) is 0 Å². The average Bonchev–Trinajstić information content (AvgIpc) is 2.97. The topological polar surface area (TPSA) is 89.7 Å². The fraction of sp³-hybridized carbons (Fsp3) is 0.385. The fourth-order valence-electron chi connectivity index (χ4n) is 2.26. The lowest BCUT2D eigenvalue weighted by Crippen LogP contribution is -2.30. The standard InChI is InChI=1S/C13H16N2O4S2/c1-19-13(16)10-5-6-15(8-10)21(17,18)11-4-2-3-9(7-11)12(14)20/h2-4,7,10H,5-6,8H2,1H3,(H2,14,20). The zero-order valence-corrected chi connectivity index (χ0v) is 13.1. The summed E-state index contributed by atoms with van der Waals surface area (Å²) >= 11 is 4.86. The number of rotatable bonds is 4. The molecule has 1 atom stereocenters. The summed E-state index contributed by atoms with van der Waals surface area (Å²) in [6.07, 6.45) is 0.459. The minimum Gasteiger partial charge on any atom is -0.469 e. The highest BCUT2D eigenvalue weighted by Crippen LogP contribution is 2.25. The Hall–Kier alpha value is -1.51. The summed E-state index contributed by atoms with van der Waals surface area (Å²) in [5, 5.41) is 0. The summed E-state index contributed by atoms with van der Waals surface area (Å²) in [6.45, 7) is 0.422. The molecule has 1 aromatic carbocycles. The van der Waals surface area contributed by atoms with Crippen molar-refractivity contribution in [1.82, 2.24) is 4.31 Å². The van der Waals surface area contributed by atoms with Gasteiger partial charge in [-0.15, -0.1) is 0 Å². The number of nitrogens with two attached hydrogens (primary N) is 1. The molecule has 1 aliphatic heterocycles. The van der Waals surface area contributed by atoms with Crippen LogP contribution in [0, 0.1) is 5.92 Å². The van der Waals surface area contributed by atoms with Gasteiger partial charge in [0, 0.05) is 18.7 Å². The third kappa shape index (κ3) is 3.22. The van der Waals surface area contributed by atoms with Crippen molar-refractivity contribution in [2.45, 2.75) is 11.3 Å². The van der Waals surface area contributed by atoms with Crippen LogP contribution in [0.4, 0.5) is 0 Å². The van der Waals surface area contributed by atoms with Crippen LogP contribution in [-0.2, 0) is 19.6 Å². The molecule has 0 saturated carbocycles. The SMILES string of the molecule is COC(=O)C1CCN(S(=O)(=O)c2cccc(C(N)=S)c2)C1. The normalized spacial score (nSPS) is 19.4. The van der Waals surface area contributed by atoms with Gasteiger partial charge in [-0.3, -0.25) is 4.79 Å². The Kier molecular flexibility index (Phi) is 4.60. The molecule has 0 spiro atoms. The zero-order chi connectivity index (χ0) is 15.6. The number of methoxy groups -OCH3 is 1. The molecule has 0 aromatic heterocycles. The van der Waals surface area contributed by atoms with Crippen molar-refractivity contribution in [3.63, 3.8) is 0 Å². The molecule has 8 heteroatoms. The smallest absolute Gasteiger partial charge is 0.310 e. The molecular formula is C13H16N2O4S2. The quantitative estimate of drug-likeness (QED) is 0.640. The molecule has 114 valence electrons. The van der Waals surface area contributed by atoms with Gasteiger partial charge in [-0.25, -0.2) is 8.42 Å². The zero-order valence-electron chi connectivity index (χ0n) is 11.5. The monoisotopic (exact) mass is 328 g/mol. The number of esters is 1. The molecule has 1 fully saturated rings. The van der Waals surface area contributed by atoms with E-state index in [1.165, 1.54) is 23.5 Å². The van der Waals surface area contributed by atoms with Gasteiger partial charge in [0.25, 0.3) is 0 Å². The van der Waals surface area contributed by atoms with Crippen molar-refractivity contribution in [3.8, 4) is 0 Å². The lowest BCUT2D eigenvalue weighted by Gasteiger charge is -2.16. The number of ether oxygens (including phenoxy) is 1. The summed E-state index contributed by atoms with van der Waals surface area (Å²) in [7, 11) is -2.36. The number of thiocarbonyl (C=S) groups is 1. The first-order valence-electron chi connectivity index (χ1n) is 6.34. The number of nitrogens with zero attached hydrogens (tertiary/aromatic N) is 1. The molecule has 2 N–H and O–H groups in total. The maximum Gasteiger partial charge on any atom is 0.310 e. The first-order valence-corrected chi connectivity index (χ1v) is 8.19. The Labute approximate surface area is 128 Å². The second kappa shape index (κ2) is 6.08. The van der Waals surface area contributed by atoms with E-state index >= 15 is 0 Å². The minimum atomic E-state index is -3.66. The number of carbonyl (C=O) groups excluding carboxylic acids is 1. The number of carbonyl (C=O) groups is 1. The second-order valence-corrected chi connectivity index (χ2v) is 7.14. The van der Waals surface area contributed by atoms with E-state index in [2.05, 4.69) is 4.74 Å². The van der Waals surface area contributed by atoms with E-state index in [0.29, 0.717) is 18.5 Å². The number of hydrogen-bond donors (Lipinski definition) is 1. The number of benzene rings is 1. The Morgan fingerprint density at radius 3 is 2.81 bits per heavy atom. The van der Waals surface area contributed by atoms with Crippen molar-refractivity contribution in [1.29, 1.82) is 0 Å². The summed E-state index contributed by atoms with van der Waals surface area (Å²) in [4.78, 5) is 11.8. The lowest BCUT2D eigenvalue weighted by molar-refractivity contribution is -0.144. The summed E-state index contributed by atoms with van der Waals surface area (Å²) in [5.74, 6) is -0.798. The largest absolute Gasteiger partial charge is 0.469 e. The van der Waals surface area contributed by atoms with Gasteiger partial charge in [-0.1, -0.05) is 24.4 Å². The molecule has 1 aromatic rings. The molecule has 2 rings (SSSR count). The molecular weight excluding hydrogens is 312 g/mol. The maximum absolute atomic E-state index is 12.6. The Balaban J connectivity index is 2.25. The lowest BCUT2D eigenvalue weighted by atomic mass is 10.1. The molecule has 21 heavy (non-hydrogen) atoms. The Morgan fingerprint density at radius 2 is 2.19 bits per heavy atom. The molecule has 0 amide bonds. The van der Waals surface area contributed by atoms with E-state index in [1.54, 1.807) is 12.1 Å². The van der Waals surface area contributed by atoms with Crippen LogP contribution in [0.25, 0.3) is 0 Å². The van der Waals surface area contributed by atoms with Crippen LogP contribution < -0.4 is 5.73 Å². The van der Waals surface area contributed by atoms with E-state index in [0.717, 1.165) is 0 Å².